The fourth-order valence-corrected chi connectivity index (χ4v) is 3.83. The highest BCUT2D eigenvalue weighted by molar-refractivity contribution is 9.10. The Morgan fingerprint density at radius 2 is 1.83 bits per heavy atom. The lowest BCUT2D eigenvalue weighted by Crippen LogP contribution is -2.15. The highest BCUT2D eigenvalue weighted by Gasteiger charge is 2.13. The van der Waals surface area contributed by atoms with Crippen LogP contribution in [0.5, 0.6) is 11.5 Å². The van der Waals surface area contributed by atoms with Crippen LogP contribution >= 0.6 is 27.5 Å². The van der Waals surface area contributed by atoms with Crippen molar-refractivity contribution in [2.45, 2.75) is 59.1 Å². The molecule has 0 bridgehead atoms. The summed E-state index contributed by atoms with van der Waals surface area (Å²) in [6, 6.07) is 8.33. The van der Waals surface area contributed by atoms with E-state index >= 15 is 0 Å². The van der Waals surface area contributed by atoms with Crippen LogP contribution in [0.1, 0.15) is 57.1 Å². The average molecular weight is 487 g/mol. The molecule has 3 nitrogen and oxygen atoms in total. The first kappa shape index (κ1) is 24.0. The van der Waals surface area contributed by atoms with Gasteiger partial charge in [0.25, 0.3) is 0 Å². The van der Waals surface area contributed by atoms with Gasteiger partial charge in [0.15, 0.2) is 11.5 Å². The van der Waals surface area contributed by atoms with Crippen LogP contribution in [0.2, 0.25) is 5.02 Å². The second kappa shape index (κ2) is 13.1. The molecule has 2 rings (SSSR count). The van der Waals surface area contributed by atoms with Crippen molar-refractivity contribution < 1.29 is 13.9 Å². The molecular formula is C23H30BrClFNO2. The number of hydrogen-bond acceptors (Lipinski definition) is 3. The molecule has 0 radical (unpaired) electrons. The molecule has 160 valence electrons. The van der Waals surface area contributed by atoms with Crippen LogP contribution in [0.3, 0.4) is 0 Å². The summed E-state index contributed by atoms with van der Waals surface area (Å²) in [4.78, 5) is 0. The third-order valence-electron chi connectivity index (χ3n) is 4.54. The number of unbranched alkanes of at least 4 members (excludes halogenated alkanes) is 4. The van der Waals surface area contributed by atoms with Gasteiger partial charge in [-0.3, -0.25) is 0 Å². The zero-order valence-electron chi connectivity index (χ0n) is 17.2. The van der Waals surface area contributed by atoms with Gasteiger partial charge >= 0.3 is 0 Å². The highest BCUT2D eigenvalue weighted by Crippen LogP contribution is 2.38. The molecule has 6 heteroatoms. The molecule has 29 heavy (non-hydrogen) atoms. The number of halogens is 3. The molecule has 2 aromatic carbocycles. The predicted octanol–water partition coefficient (Wildman–Crippen LogP) is 7.28. The van der Waals surface area contributed by atoms with Crippen LogP contribution < -0.4 is 14.8 Å². The quantitative estimate of drug-likeness (QED) is 0.302. The maximum absolute atomic E-state index is 13.2. The zero-order valence-corrected chi connectivity index (χ0v) is 19.5. The monoisotopic (exact) mass is 485 g/mol. The van der Waals surface area contributed by atoms with Crippen molar-refractivity contribution in [1.82, 2.24) is 5.32 Å². The molecule has 0 saturated heterocycles. The number of ether oxygens (including phenoxy) is 2. The molecule has 0 unspecified atom stereocenters. The van der Waals surface area contributed by atoms with Crippen molar-refractivity contribution in [3.63, 3.8) is 0 Å². The second-order valence-electron chi connectivity index (χ2n) is 6.95. The van der Waals surface area contributed by atoms with E-state index in [0.717, 1.165) is 28.7 Å². The molecule has 0 amide bonds. The highest BCUT2D eigenvalue weighted by atomic mass is 79.9. The van der Waals surface area contributed by atoms with Crippen LogP contribution in [-0.4, -0.2) is 13.2 Å². The molecule has 0 aliphatic carbocycles. The summed E-state index contributed by atoms with van der Waals surface area (Å²) in [6.45, 7) is 6.72. The molecule has 0 heterocycles. The van der Waals surface area contributed by atoms with E-state index in [2.05, 4.69) is 28.2 Å². The minimum absolute atomic E-state index is 0.229. The Morgan fingerprint density at radius 1 is 1.03 bits per heavy atom. The molecule has 0 saturated carbocycles. The third-order valence-corrected chi connectivity index (χ3v) is 5.48. The minimum atomic E-state index is -0.364. The van der Waals surface area contributed by atoms with Gasteiger partial charge in [0.05, 0.1) is 16.1 Å². The first-order valence-electron chi connectivity index (χ1n) is 10.3. The Bertz CT molecular complexity index is 773. The lowest BCUT2D eigenvalue weighted by molar-refractivity contribution is 0.267. The summed E-state index contributed by atoms with van der Waals surface area (Å²) in [7, 11) is 0. The van der Waals surface area contributed by atoms with Crippen molar-refractivity contribution in [2.75, 3.05) is 13.2 Å². The lowest BCUT2D eigenvalue weighted by atomic mass is 10.1. The van der Waals surface area contributed by atoms with Gasteiger partial charge in [0, 0.05) is 12.1 Å². The summed E-state index contributed by atoms with van der Waals surface area (Å²) in [5, 5.41) is 3.84. The van der Waals surface area contributed by atoms with Crippen molar-refractivity contribution >= 4 is 27.5 Å². The Morgan fingerprint density at radius 3 is 2.55 bits per heavy atom. The first-order chi connectivity index (χ1) is 14.0. The summed E-state index contributed by atoms with van der Waals surface area (Å²) in [5.74, 6) is 0.938. The maximum atomic E-state index is 13.2. The SMILES string of the molecule is CCCCCCCNCc1cc(Br)c(OCc2ccc(F)cc2Cl)c(OCC)c1. The molecule has 0 fully saturated rings. The second-order valence-corrected chi connectivity index (χ2v) is 8.21. The molecule has 0 atom stereocenters. The van der Waals surface area contributed by atoms with E-state index in [4.69, 9.17) is 21.1 Å². The first-order valence-corrected chi connectivity index (χ1v) is 11.4. The number of hydrogen-bond donors (Lipinski definition) is 1. The smallest absolute Gasteiger partial charge is 0.175 e. The molecule has 0 aliphatic rings. The van der Waals surface area contributed by atoms with Crippen LogP contribution in [0.25, 0.3) is 0 Å². The van der Waals surface area contributed by atoms with Crippen molar-refractivity contribution in [2.24, 2.45) is 0 Å². The van der Waals surface area contributed by atoms with Gasteiger partial charge in [0.1, 0.15) is 12.4 Å². The normalized spacial score (nSPS) is 10.9. The van der Waals surface area contributed by atoms with Gasteiger partial charge in [-0.25, -0.2) is 4.39 Å². The van der Waals surface area contributed by atoms with E-state index < -0.39 is 0 Å². The van der Waals surface area contributed by atoms with E-state index in [0.29, 0.717) is 23.1 Å². The van der Waals surface area contributed by atoms with Crippen LogP contribution in [-0.2, 0) is 13.2 Å². The Hall–Kier alpha value is -1.30. The van der Waals surface area contributed by atoms with E-state index in [-0.39, 0.29) is 12.4 Å². The Labute approximate surface area is 187 Å². The summed E-state index contributed by atoms with van der Waals surface area (Å²) in [6.07, 6.45) is 6.35. The Balaban J connectivity index is 1.97. The van der Waals surface area contributed by atoms with Gasteiger partial charge in [-0.2, -0.15) is 0 Å². The average Bonchev–Trinajstić information content (AvgIpc) is 2.68. The van der Waals surface area contributed by atoms with Crippen LogP contribution in [0.15, 0.2) is 34.8 Å². The number of benzene rings is 2. The van der Waals surface area contributed by atoms with Gasteiger partial charge in [-0.05, 0) is 65.6 Å². The van der Waals surface area contributed by atoms with Crippen molar-refractivity contribution in [1.29, 1.82) is 0 Å². The lowest BCUT2D eigenvalue weighted by Gasteiger charge is -2.16. The van der Waals surface area contributed by atoms with Gasteiger partial charge in [-0.15, -0.1) is 0 Å². The molecular weight excluding hydrogens is 457 g/mol. The van der Waals surface area contributed by atoms with Crippen molar-refractivity contribution in [3.05, 3.63) is 56.8 Å². The standard InChI is InChI=1S/C23H30BrClFNO2/c1-3-5-6-7-8-11-27-15-17-12-20(24)23(22(13-17)28-4-2)29-16-18-9-10-19(26)14-21(18)25/h9-10,12-14,27H,3-8,11,15-16H2,1-2H3. The molecule has 2 aromatic rings. The third kappa shape index (κ3) is 8.15. The topological polar surface area (TPSA) is 30.5 Å². The minimum Gasteiger partial charge on any atom is -0.490 e. The zero-order chi connectivity index (χ0) is 21.1. The number of rotatable bonds is 13. The fourth-order valence-electron chi connectivity index (χ4n) is 3.00. The Kier molecular flexibility index (Phi) is 10.8. The molecule has 0 spiro atoms. The predicted molar refractivity (Wildman–Crippen MR) is 122 cm³/mol. The van der Waals surface area contributed by atoms with Gasteiger partial charge < -0.3 is 14.8 Å². The molecule has 1 N–H and O–H groups in total. The van der Waals surface area contributed by atoms with Crippen LogP contribution in [0.4, 0.5) is 4.39 Å². The van der Waals surface area contributed by atoms with Gasteiger partial charge in [0.2, 0.25) is 0 Å². The summed E-state index contributed by atoms with van der Waals surface area (Å²) < 4.78 is 25.8. The maximum Gasteiger partial charge on any atom is 0.175 e. The van der Waals surface area contributed by atoms with E-state index in [9.17, 15) is 4.39 Å². The molecule has 0 aliphatic heterocycles. The fraction of sp³-hybridized carbons (Fsp3) is 0.478. The van der Waals surface area contributed by atoms with E-state index in [1.165, 1.54) is 44.2 Å². The van der Waals surface area contributed by atoms with E-state index in [1.54, 1.807) is 6.07 Å². The van der Waals surface area contributed by atoms with Crippen molar-refractivity contribution in [3.8, 4) is 11.5 Å². The summed E-state index contributed by atoms with van der Waals surface area (Å²) in [5.41, 5.74) is 1.84. The van der Waals surface area contributed by atoms with Gasteiger partial charge in [-0.1, -0.05) is 50.3 Å². The summed E-state index contributed by atoms with van der Waals surface area (Å²) >= 11 is 9.70. The largest absolute Gasteiger partial charge is 0.490 e. The van der Waals surface area contributed by atoms with Crippen LogP contribution in [0, 0.1) is 5.82 Å². The molecule has 0 aromatic heterocycles. The number of nitrogens with one attached hydrogen (secondary N) is 1. The van der Waals surface area contributed by atoms with E-state index in [1.807, 2.05) is 19.1 Å².